The summed E-state index contributed by atoms with van der Waals surface area (Å²) >= 11 is 0. The maximum absolute atomic E-state index is 13.4. The molecule has 0 amide bonds. The minimum Gasteiger partial charge on any atom is -0.385 e. The second-order valence-electron chi connectivity index (χ2n) is 10.9. The second-order valence-corrected chi connectivity index (χ2v) is 10.9. The van der Waals surface area contributed by atoms with Crippen molar-refractivity contribution in [3.63, 3.8) is 0 Å². The highest BCUT2D eigenvalue weighted by Gasteiger charge is 2.57. The molecule has 0 N–H and O–H groups in total. The first-order chi connectivity index (χ1) is 15.4. The highest BCUT2D eigenvalue weighted by Crippen LogP contribution is 2.64. The van der Waals surface area contributed by atoms with Crippen LogP contribution in [0.1, 0.15) is 77.7 Å². The first-order valence-corrected chi connectivity index (χ1v) is 12.5. The lowest BCUT2D eigenvalue weighted by Gasteiger charge is -2.54. The second kappa shape index (κ2) is 9.14. The fourth-order valence-corrected chi connectivity index (χ4v) is 7.76. The van der Waals surface area contributed by atoms with E-state index in [1.54, 1.807) is 22.6 Å². The molecule has 1 aromatic heterocycles. The minimum atomic E-state index is 0.0446. The first-order valence-electron chi connectivity index (χ1n) is 12.5. The van der Waals surface area contributed by atoms with Crippen molar-refractivity contribution >= 4 is 5.78 Å². The summed E-state index contributed by atoms with van der Waals surface area (Å²) in [7, 11) is 1.81. The Hall–Kier alpha value is -1.93. The molecule has 32 heavy (non-hydrogen) atoms. The maximum Gasteiger partial charge on any atom is 0.157 e. The van der Waals surface area contributed by atoms with Crippen molar-refractivity contribution in [3.05, 3.63) is 29.6 Å². The van der Waals surface area contributed by atoms with Crippen molar-refractivity contribution in [2.24, 2.45) is 34.5 Å². The van der Waals surface area contributed by atoms with Crippen LogP contribution in [0.25, 0.3) is 0 Å². The number of nitriles is 1. The van der Waals surface area contributed by atoms with Crippen LogP contribution in [0, 0.1) is 45.8 Å². The minimum absolute atomic E-state index is 0.0446. The lowest BCUT2D eigenvalue weighted by atomic mass is 9.50. The molecule has 0 aromatic carbocycles. The van der Waals surface area contributed by atoms with E-state index in [0.717, 1.165) is 32.3 Å². The van der Waals surface area contributed by atoms with Crippen LogP contribution in [0.15, 0.2) is 24.0 Å². The van der Waals surface area contributed by atoms with Gasteiger partial charge in [0, 0.05) is 25.8 Å². The van der Waals surface area contributed by atoms with Gasteiger partial charge in [-0.1, -0.05) is 38.8 Å². The molecule has 6 atom stereocenters. The predicted molar refractivity (Wildman–Crippen MR) is 125 cm³/mol. The third-order valence-electron chi connectivity index (χ3n) is 9.35. The van der Waals surface area contributed by atoms with Gasteiger partial charge in [-0.3, -0.25) is 9.48 Å². The standard InChI is InChI=1S/C27H39N3O2/c1-5-12-26(2)20(11-14-32-4)6-7-21-22-8-9-24(27(22,3)13-10-23(21)26)25(31)18-30-17-19(15-28)16-29-30/h10,16-17,20-22,24H,5-9,11-14,18H2,1-4H3. The van der Waals surface area contributed by atoms with Crippen LogP contribution in [-0.4, -0.2) is 29.3 Å². The molecule has 2 fully saturated rings. The maximum atomic E-state index is 13.4. The average Bonchev–Trinajstić information content (AvgIpc) is 3.37. The Balaban J connectivity index is 1.56. The fourth-order valence-electron chi connectivity index (χ4n) is 7.76. The number of carbonyl (C=O) groups excluding carboxylic acids is 1. The molecule has 0 spiro atoms. The van der Waals surface area contributed by atoms with Gasteiger partial charge in [-0.2, -0.15) is 10.4 Å². The summed E-state index contributed by atoms with van der Waals surface area (Å²) in [6.07, 6.45) is 15.1. The number of nitrogens with zero attached hydrogens (tertiary/aromatic N) is 3. The Labute approximate surface area is 193 Å². The summed E-state index contributed by atoms with van der Waals surface area (Å²) < 4.78 is 7.09. The molecule has 6 unspecified atom stereocenters. The Morgan fingerprint density at radius 3 is 2.81 bits per heavy atom. The zero-order chi connectivity index (χ0) is 22.9. The lowest BCUT2D eigenvalue weighted by Crippen LogP contribution is -2.47. The number of rotatable bonds is 8. The highest BCUT2D eigenvalue weighted by molar-refractivity contribution is 5.82. The number of hydrogen-bond donors (Lipinski definition) is 0. The van der Waals surface area contributed by atoms with E-state index in [9.17, 15) is 4.79 Å². The van der Waals surface area contributed by atoms with E-state index >= 15 is 0 Å². The van der Waals surface area contributed by atoms with Gasteiger partial charge in [0.1, 0.15) is 6.07 Å². The van der Waals surface area contributed by atoms with Gasteiger partial charge in [0.25, 0.3) is 0 Å². The van der Waals surface area contributed by atoms with E-state index in [0.29, 0.717) is 23.3 Å². The van der Waals surface area contributed by atoms with Crippen LogP contribution in [0.2, 0.25) is 0 Å². The van der Waals surface area contributed by atoms with Gasteiger partial charge in [0.05, 0.1) is 18.3 Å². The molecule has 0 saturated heterocycles. The largest absolute Gasteiger partial charge is 0.385 e. The van der Waals surface area contributed by atoms with Crippen LogP contribution in [0.4, 0.5) is 0 Å². The van der Waals surface area contributed by atoms with E-state index in [1.165, 1.54) is 25.7 Å². The molecule has 1 heterocycles. The molecule has 1 aromatic rings. The van der Waals surface area contributed by atoms with Gasteiger partial charge < -0.3 is 4.74 Å². The van der Waals surface area contributed by atoms with Crippen molar-refractivity contribution in [1.82, 2.24) is 9.78 Å². The number of aromatic nitrogens is 2. The number of carbonyl (C=O) groups is 1. The van der Waals surface area contributed by atoms with Crippen LogP contribution in [0.5, 0.6) is 0 Å². The van der Waals surface area contributed by atoms with E-state index < -0.39 is 0 Å². The number of methoxy groups -OCH3 is 1. The fraction of sp³-hybridized carbons (Fsp3) is 0.741. The van der Waals surface area contributed by atoms with Crippen molar-refractivity contribution < 1.29 is 9.53 Å². The SMILES string of the molecule is CCCC1(C)C2=CCC3(C)C(C(=O)Cn4cc(C#N)cn4)CCC3C2CCC1CCOC. The van der Waals surface area contributed by atoms with Crippen molar-refractivity contribution in [3.8, 4) is 6.07 Å². The van der Waals surface area contributed by atoms with E-state index in [-0.39, 0.29) is 29.1 Å². The molecule has 5 nitrogen and oxygen atoms in total. The average molecular weight is 438 g/mol. The Morgan fingerprint density at radius 2 is 2.12 bits per heavy atom. The smallest absolute Gasteiger partial charge is 0.157 e. The molecular weight excluding hydrogens is 398 g/mol. The van der Waals surface area contributed by atoms with Crippen LogP contribution in [-0.2, 0) is 16.1 Å². The van der Waals surface area contributed by atoms with Gasteiger partial charge in [-0.05, 0) is 73.5 Å². The van der Waals surface area contributed by atoms with Crippen molar-refractivity contribution in [2.45, 2.75) is 78.7 Å². The predicted octanol–water partition coefficient (Wildman–Crippen LogP) is 5.56. The zero-order valence-electron chi connectivity index (χ0n) is 20.3. The molecule has 3 aliphatic rings. The normalized spacial score (nSPS) is 36.2. The number of ether oxygens (including phenoxy) is 1. The molecule has 174 valence electrons. The molecular formula is C27H39N3O2. The topological polar surface area (TPSA) is 67.9 Å². The highest BCUT2D eigenvalue weighted by atomic mass is 16.5. The number of hydrogen-bond acceptors (Lipinski definition) is 4. The first kappa shape index (κ1) is 23.2. The molecule has 4 rings (SSSR count). The Kier molecular flexibility index (Phi) is 6.63. The van der Waals surface area contributed by atoms with Crippen LogP contribution in [0.3, 0.4) is 0 Å². The number of fused-ring (bicyclic) bond motifs is 3. The van der Waals surface area contributed by atoms with E-state index in [1.807, 2.05) is 7.11 Å². The van der Waals surface area contributed by atoms with Gasteiger partial charge in [-0.15, -0.1) is 0 Å². The van der Waals surface area contributed by atoms with Crippen LogP contribution >= 0.6 is 0 Å². The molecule has 2 saturated carbocycles. The number of ketones is 1. The van der Waals surface area contributed by atoms with Crippen molar-refractivity contribution in [2.75, 3.05) is 13.7 Å². The quantitative estimate of drug-likeness (QED) is 0.500. The van der Waals surface area contributed by atoms with E-state index in [2.05, 4.69) is 38.0 Å². The Morgan fingerprint density at radius 1 is 1.31 bits per heavy atom. The van der Waals surface area contributed by atoms with E-state index in [4.69, 9.17) is 10.00 Å². The molecule has 3 aliphatic carbocycles. The summed E-state index contributed by atoms with van der Waals surface area (Å²) in [6, 6.07) is 2.10. The summed E-state index contributed by atoms with van der Waals surface area (Å²) in [4.78, 5) is 13.4. The third kappa shape index (κ3) is 3.85. The third-order valence-corrected chi connectivity index (χ3v) is 9.35. The molecule has 0 aliphatic heterocycles. The Bertz CT molecular complexity index is 912. The van der Waals surface area contributed by atoms with Crippen molar-refractivity contribution in [1.29, 1.82) is 5.26 Å². The van der Waals surface area contributed by atoms with Crippen LogP contribution < -0.4 is 0 Å². The molecule has 5 heteroatoms. The number of Topliss-reactive ketones (excluding diaryl/α,β-unsaturated/α-hetero) is 1. The summed E-state index contributed by atoms with van der Waals surface area (Å²) in [6.45, 7) is 8.33. The van der Waals surface area contributed by atoms with Gasteiger partial charge in [-0.25, -0.2) is 0 Å². The lowest BCUT2D eigenvalue weighted by molar-refractivity contribution is -0.127. The van der Waals surface area contributed by atoms with Gasteiger partial charge in [0.15, 0.2) is 5.78 Å². The summed E-state index contributed by atoms with van der Waals surface area (Å²) in [5, 5.41) is 13.3. The monoisotopic (exact) mass is 437 g/mol. The summed E-state index contributed by atoms with van der Waals surface area (Å²) in [5.74, 6) is 2.29. The molecule has 0 radical (unpaired) electrons. The van der Waals surface area contributed by atoms with Gasteiger partial charge >= 0.3 is 0 Å². The molecule has 0 bridgehead atoms. The van der Waals surface area contributed by atoms with Gasteiger partial charge in [0.2, 0.25) is 0 Å². The summed E-state index contributed by atoms with van der Waals surface area (Å²) in [5.41, 5.74) is 2.53. The zero-order valence-corrected chi connectivity index (χ0v) is 20.3. The number of allylic oxidation sites excluding steroid dienone is 2.